The molecule has 2 aromatic carbocycles. The van der Waals surface area contributed by atoms with Crippen molar-refractivity contribution in [3.63, 3.8) is 0 Å². The highest BCUT2D eigenvalue weighted by molar-refractivity contribution is 5.89. The molecule has 2 aliphatic rings. The van der Waals surface area contributed by atoms with Crippen molar-refractivity contribution in [2.24, 2.45) is 5.73 Å². The summed E-state index contributed by atoms with van der Waals surface area (Å²) in [4.78, 5) is 27.2. The number of hydrogen-bond acceptors (Lipinski definition) is 5. The summed E-state index contributed by atoms with van der Waals surface area (Å²) in [6.07, 6.45) is -1.33. The molecule has 2 amide bonds. The molecule has 2 aromatic rings. The Bertz CT molecular complexity index is 947. The van der Waals surface area contributed by atoms with E-state index in [0.29, 0.717) is 30.9 Å². The summed E-state index contributed by atoms with van der Waals surface area (Å²) in [7, 11) is 0. The van der Waals surface area contributed by atoms with Crippen LogP contribution in [0.5, 0.6) is 0 Å². The van der Waals surface area contributed by atoms with Crippen molar-refractivity contribution in [1.82, 2.24) is 4.90 Å². The largest absolute Gasteiger partial charge is 0.445 e. The van der Waals surface area contributed by atoms with Crippen molar-refractivity contribution in [2.75, 3.05) is 31.1 Å². The van der Waals surface area contributed by atoms with Crippen LogP contribution in [-0.2, 0) is 21.5 Å². The molecular weight excluding hydrogens is 389 g/mol. The van der Waals surface area contributed by atoms with Gasteiger partial charge in [0.15, 0.2) is 0 Å². The Morgan fingerprint density at radius 1 is 1.27 bits per heavy atom. The second kappa shape index (κ2) is 7.95. The number of rotatable bonds is 5. The number of halogens is 1. The quantitative estimate of drug-likeness (QED) is 0.815. The first-order valence-corrected chi connectivity index (χ1v) is 9.83. The van der Waals surface area contributed by atoms with E-state index in [0.717, 1.165) is 5.56 Å². The number of nitrogens with zero attached hydrogens (tertiary/aromatic N) is 2. The highest BCUT2D eigenvalue weighted by atomic mass is 19.1. The Kier molecular flexibility index (Phi) is 5.34. The van der Waals surface area contributed by atoms with Gasteiger partial charge in [-0.3, -0.25) is 4.90 Å². The van der Waals surface area contributed by atoms with Gasteiger partial charge in [0.1, 0.15) is 18.5 Å². The van der Waals surface area contributed by atoms with Gasteiger partial charge in [0.05, 0.1) is 12.2 Å². The maximum atomic E-state index is 14.9. The average molecular weight is 413 g/mol. The maximum absolute atomic E-state index is 14.9. The number of carbonyl (C=O) groups is 2. The highest BCUT2D eigenvalue weighted by Crippen LogP contribution is 2.37. The molecule has 1 atom stereocenters. The fraction of sp³-hybridized carbons (Fsp3) is 0.364. The molecule has 4 rings (SSSR count). The lowest BCUT2D eigenvalue weighted by molar-refractivity contribution is 0.0384. The van der Waals surface area contributed by atoms with Crippen LogP contribution in [0.15, 0.2) is 48.5 Å². The number of likely N-dealkylation sites (tertiary alicyclic amines) is 1. The highest BCUT2D eigenvalue weighted by Gasteiger charge is 2.45. The number of carbonyl (C=O) groups excluding carboxylic acids is 2. The lowest BCUT2D eigenvalue weighted by Gasteiger charge is -2.47. The predicted octanol–water partition coefficient (Wildman–Crippen LogP) is 3.02. The van der Waals surface area contributed by atoms with E-state index >= 15 is 0 Å². The summed E-state index contributed by atoms with van der Waals surface area (Å²) in [5.41, 5.74) is 6.87. The van der Waals surface area contributed by atoms with Gasteiger partial charge in [0.2, 0.25) is 0 Å². The van der Waals surface area contributed by atoms with Crippen LogP contribution in [-0.4, -0.2) is 49.4 Å². The second-order valence-electron chi connectivity index (χ2n) is 7.97. The third-order valence-corrected chi connectivity index (χ3v) is 5.59. The Balaban J connectivity index is 1.38. The number of nitrogens with two attached hydrogens (primary N) is 1. The minimum absolute atomic E-state index is 0.200. The summed E-state index contributed by atoms with van der Waals surface area (Å²) < 4.78 is 25.3. The number of cyclic esters (lactones) is 1. The number of anilines is 1. The Hall–Kier alpha value is -3.13. The summed E-state index contributed by atoms with van der Waals surface area (Å²) in [5.74, 6) is -0.420. The Morgan fingerprint density at radius 2 is 2.00 bits per heavy atom. The molecule has 2 saturated heterocycles. The minimum Gasteiger partial charge on any atom is -0.445 e. The molecule has 8 heteroatoms. The molecule has 30 heavy (non-hydrogen) atoms. The van der Waals surface area contributed by atoms with Gasteiger partial charge in [-0.1, -0.05) is 43.3 Å². The molecular formula is C22H24FN3O4. The topological polar surface area (TPSA) is 85.1 Å². The van der Waals surface area contributed by atoms with E-state index in [1.54, 1.807) is 17.0 Å². The Labute approximate surface area is 174 Å². The third kappa shape index (κ3) is 3.82. The SMILES string of the molecule is CC1(c2ccc(N3CC(CN)OC3=O)cc2F)CN(C(=O)OCc2ccccc2)C1. The van der Waals surface area contributed by atoms with Crippen LogP contribution < -0.4 is 10.6 Å². The van der Waals surface area contributed by atoms with Crippen LogP contribution >= 0.6 is 0 Å². The predicted molar refractivity (Wildman–Crippen MR) is 109 cm³/mol. The van der Waals surface area contributed by atoms with Crippen LogP contribution in [0.3, 0.4) is 0 Å². The number of ether oxygens (including phenoxy) is 2. The van der Waals surface area contributed by atoms with Crippen LogP contribution in [0.25, 0.3) is 0 Å². The smallest absolute Gasteiger partial charge is 0.414 e. The van der Waals surface area contributed by atoms with E-state index in [4.69, 9.17) is 15.2 Å². The van der Waals surface area contributed by atoms with E-state index in [1.807, 2.05) is 37.3 Å². The molecule has 0 aromatic heterocycles. The molecule has 0 aliphatic carbocycles. The van der Waals surface area contributed by atoms with E-state index < -0.39 is 23.4 Å². The van der Waals surface area contributed by atoms with E-state index in [-0.39, 0.29) is 19.3 Å². The average Bonchev–Trinajstić information content (AvgIpc) is 3.11. The van der Waals surface area contributed by atoms with E-state index in [9.17, 15) is 14.0 Å². The van der Waals surface area contributed by atoms with Crippen molar-refractivity contribution in [2.45, 2.75) is 25.0 Å². The molecule has 1 unspecified atom stereocenters. The Morgan fingerprint density at radius 3 is 2.63 bits per heavy atom. The van der Waals surface area contributed by atoms with Gasteiger partial charge in [0.25, 0.3) is 0 Å². The van der Waals surface area contributed by atoms with Crippen molar-refractivity contribution in [3.05, 3.63) is 65.5 Å². The lowest BCUT2D eigenvalue weighted by Crippen LogP contribution is -2.60. The molecule has 2 N–H and O–H groups in total. The van der Waals surface area contributed by atoms with Crippen LogP contribution in [0.2, 0.25) is 0 Å². The monoisotopic (exact) mass is 413 g/mol. The van der Waals surface area contributed by atoms with Crippen molar-refractivity contribution < 1.29 is 23.5 Å². The lowest BCUT2D eigenvalue weighted by atomic mass is 9.75. The van der Waals surface area contributed by atoms with Crippen LogP contribution in [0, 0.1) is 5.82 Å². The standard InChI is InChI=1S/C22H24FN3O4/c1-22(13-25(14-22)20(27)29-12-15-5-3-2-4-6-15)18-8-7-16(9-19(18)23)26-11-17(10-24)30-21(26)28/h2-9,17H,10-14,24H2,1H3. The van der Waals surface area contributed by atoms with Gasteiger partial charge >= 0.3 is 12.2 Å². The van der Waals surface area contributed by atoms with Crippen molar-refractivity contribution >= 4 is 17.9 Å². The molecule has 158 valence electrons. The summed E-state index contributed by atoms with van der Waals surface area (Å²) in [5, 5.41) is 0. The summed E-state index contributed by atoms with van der Waals surface area (Å²) in [6.45, 7) is 3.34. The maximum Gasteiger partial charge on any atom is 0.414 e. The molecule has 2 aliphatic heterocycles. The zero-order chi connectivity index (χ0) is 21.3. The molecule has 2 fully saturated rings. The first kappa shape index (κ1) is 20.2. The number of hydrogen-bond donors (Lipinski definition) is 1. The second-order valence-corrected chi connectivity index (χ2v) is 7.97. The first-order valence-electron chi connectivity index (χ1n) is 9.83. The molecule has 0 spiro atoms. The first-order chi connectivity index (χ1) is 14.4. The zero-order valence-electron chi connectivity index (χ0n) is 16.7. The summed E-state index contributed by atoms with van der Waals surface area (Å²) >= 11 is 0. The van der Waals surface area contributed by atoms with Gasteiger partial charge in [-0.25, -0.2) is 14.0 Å². The number of benzene rings is 2. The minimum atomic E-state index is -0.528. The molecule has 2 heterocycles. The van der Waals surface area contributed by atoms with E-state index in [1.165, 1.54) is 11.0 Å². The van der Waals surface area contributed by atoms with Crippen LogP contribution in [0.4, 0.5) is 19.7 Å². The fourth-order valence-corrected chi connectivity index (χ4v) is 3.92. The zero-order valence-corrected chi connectivity index (χ0v) is 16.7. The van der Waals surface area contributed by atoms with Gasteiger partial charge < -0.3 is 20.1 Å². The van der Waals surface area contributed by atoms with Crippen molar-refractivity contribution in [3.8, 4) is 0 Å². The van der Waals surface area contributed by atoms with Gasteiger partial charge in [-0.05, 0) is 23.3 Å². The number of amides is 2. The van der Waals surface area contributed by atoms with Gasteiger partial charge in [-0.2, -0.15) is 0 Å². The fourth-order valence-electron chi connectivity index (χ4n) is 3.92. The van der Waals surface area contributed by atoms with Crippen LogP contribution in [0.1, 0.15) is 18.1 Å². The molecule has 0 saturated carbocycles. The normalized spacial score (nSPS) is 20.0. The van der Waals surface area contributed by atoms with E-state index in [2.05, 4.69) is 0 Å². The molecule has 0 radical (unpaired) electrons. The summed E-state index contributed by atoms with van der Waals surface area (Å²) in [6, 6.07) is 14.1. The van der Waals surface area contributed by atoms with Gasteiger partial charge in [0, 0.05) is 25.0 Å². The van der Waals surface area contributed by atoms with Gasteiger partial charge in [-0.15, -0.1) is 0 Å². The molecule has 0 bridgehead atoms. The molecule has 7 nitrogen and oxygen atoms in total. The third-order valence-electron chi connectivity index (χ3n) is 5.59. The van der Waals surface area contributed by atoms with Crippen molar-refractivity contribution in [1.29, 1.82) is 0 Å².